The van der Waals surface area contributed by atoms with Crippen molar-refractivity contribution in [2.75, 3.05) is 0 Å². The van der Waals surface area contributed by atoms with E-state index in [-0.39, 0.29) is 5.82 Å². The molecule has 64 valence electrons. The van der Waals surface area contributed by atoms with E-state index in [1.165, 1.54) is 17.1 Å². The molecule has 0 aromatic heterocycles. The molecule has 3 N–H and O–H groups in total. The summed E-state index contributed by atoms with van der Waals surface area (Å²) in [6.45, 7) is 0.407. The van der Waals surface area contributed by atoms with E-state index in [1.807, 2.05) is 0 Å². The fraction of sp³-hybridized carbons (Fsp3) is 0.125. The van der Waals surface area contributed by atoms with Gasteiger partial charge in [0.2, 0.25) is 0 Å². The second kappa shape index (κ2) is 3.82. The summed E-state index contributed by atoms with van der Waals surface area (Å²) in [5.74, 6) is 3.17. The molecule has 0 saturated carbocycles. The van der Waals surface area contributed by atoms with Crippen LogP contribution in [0.15, 0.2) is 24.3 Å². The Morgan fingerprint density at radius 1 is 1.42 bits per heavy atom. The van der Waals surface area contributed by atoms with Crippen LogP contribution in [0.1, 0.15) is 5.56 Å². The first kappa shape index (κ1) is 8.67. The van der Waals surface area contributed by atoms with Crippen molar-refractivity contribution in [3.8, 4) is 0 Å². The van der Waals surface area contributed by atoms with Crippen LogP contribution in [-0.2, 0) is 11.3 Å². The van der Waals surface area contributed by atoms with Crippen LogP contribution in [0.25, 0.3) is 0 Å². The van der Waals surface area contributed by atoms with Crippen molar-refractivity contribution < 1.29 is 15.0 Å². The molecule has 0 bridgehead atoms. The molecule has 0 atom stereocenters. The molecule has 0 unspecified atom stereocenters. The highest BCUT2D eigenvalue weighted by Crippen LogP contribution is 2.02. The lowest BCUT2D eigenvalue weighted by molar-refractivity contribution is -0.551. The van der Waals surface area contributed by atoms with Gasteiger partial charge in [-0.1, -0.05) is 12.1 Å². The largest absolute Gasteiger partial charge is 0.273 e. The van der Waals surface area contributed by atoms with Crippen molar-refractivity contribution >= 4 is 6.41 Å². The number of benzene rings is 1. The SMILES string of the molecule is [NH3+]N(C=O)Cc1ccc(F)cc1. The molecule has 4 heteroatoms. The first-order valence-electron chi connectivity index (χ1n) is 3.49. The molecule has 0 heterocycles. The molecule has 0 radical (unpaired) electrons. The van der Waals surface area contributed by atoms with Crippen molar-refractivity contribution in [3.63, 3.8) is 0 Å². The van der Waals surface area contributed by atoms with E-state index in [9.17, 15) is 9.18 Å². The topological polar surface area (TPSA) is 48.0 Å². The highest BCUT2D eigenvalue weighted by atomic mass is 19.1. The predicted octanol–water partition coefficient (Wildman–Crippen LogP) is -0.0590. The van der Waals surface area contributed by atoms with Crippen LogP contribution in [0.2, 0.25) is 0 Å². The fourth-order valence-corrected chi connectivity index (χ4v) is 0.862. The van der Waals surface area contributed by atoms with Gasteiger partial charge in [-0.2, -0.15) is 5.01 Å². The zero-order chi connectivity index (χ0) is 8.97. The number of hydrogen-bond acceptors (Lipinski definition) is 1. The molecule has 1 rings (SSSR count). The molecule has 0 aliphatic heterocycles. The molecular formula is C8H10FN2O+. The smallest absolute Gasteiger partial charge is 0.255 e. The Labute approximate surface area is 69.6 Å². The second-order valence-electron chi connectivity index (χ2n) is 2.48. The minimum Gasteiger partial charge on any atom is -0.273 e. The summed E-state index contributed by atoms with van der Waals surface area (Å²) >= 11 is 0. The first-order chi connectivity index (χ1) is 5.72. The Morgan fingerprint density at radius 3 is 2.50 bits per heavy atom. The molecular weight excluding hydrogens is 159 g/mol. The molecule has 0 aliphatic carbocycles. The van der Waals surface area contributed by atoms with Gasteiger partial charge in [0.25, 0.3) is 6.41 Å². The third kappa shape index (κ3) is 2.32. The summed E-state index contributed by atoms with van der Waals surface area (Å²) in [6, 6.07) is 5.95. The zero-order valence-electron chi connectivity index (χ0n) is 6.53. The standard InChI is InChI=1S/C8H9FN2O/c9-8-3-1-7(2-4-8)5-11(10)6-12/h1-4,6H,5,10H2/p+1. The molecule has 0 spiro atoms. The predicted molar refractivity (Wildman–Crippen MR) is 40.9 cm³/mol. The first-order valence-corrected chi connectivity index (χ1v) is 3.49. The van der Waals surface area contributed by atoms with Crippen LogP contribution in [0.4, 0.5) is 4.39 Å². The average molecular weight is 169 g/mol. The van der Waals surface area contributed by atoms with Gasteiger partial charge in [0.15, 0.2) is 0 Å². The number of carbonyl (C=O) groups is 1. The Bertz CT molecular complexity index is 260. The van der Waals surface area contributed by atoms with Gasteiger partial charge in [-0.3, -0.25) is 10.6 Å². The number of amides is 1. The van der Waals surface area contributed by atoms with Crippen molar-refractivity contribution in [3.05, 3.63) is 35.6 Å². The molecule has 1 aromatic carbocycles. The second-order valence-corrected chi connectivity index (χ2v) is 2.48. The zero-order valence-corrected chi connectivity index (χ0v) is 6.53. The van der Waals surface area contributed by atoms with Crippen LogP contribution >= 0.6 is 0 Å². The van der Waals surface area contributed by atoms with Crippen molar-refractivity contribution in [1.29, 1.82) is 0 Å². The minimum atomic E-state index is -0.277. The molecule has 0 aliphatic rings. The number of halogens is 1. The summed E-state index contributed by atoms with van der Waals surface area (Å²) < 4.78 is 12.4. The highest BCUT2D eigenvalue weighted by molar-refractivity contribution is 5.44. The summed E-state index contributed by atoms with van der Waals surface area (Å²) in [4.78, 5) is 10.2. The Morgan fingerprint density at radius 2 is 2.00 bits per heavy atom. The third-order valence-electron chi connectivity index (χ3n) is 1.45. The number of rotatable bonds is 3. The minimum absolute atomic E-state index is 0.277. The summed E-state index contributed by atoms with van der Waals surface area (Å²) in [5.41, 5.74) is 0.860. The van der Waals surface area contributed by atoms with Crippen molar-refractivity contribution in [2.24, 2.45) is 0 Å². The van der Waals surface area contributed by atoms with E-state index in [4.69, 9.17) is 0 Å². The lowest BCUT2D eigenvalue weighted by Crippen LogP contribution is -2.66. The molecule has 0 fully saturated rings. The van der Waals surface area contributed by atoms with Crippen LogP contribution in [0, 0.1) is 5.82 Å². The van der Waals surface area contributed by atoms with Crippen LogP contribution in [0.5, 0.6) is 0 Å². The lowest BCUT2D eigenvalue weighted by atomic mass is 10.2. The van der Waals surface area contributed by atoms with Gasteiger partial charge in [0.1, 0.15) is 5.82 Å². The van der Waals surface area contributed by atoms with Crippen molar-refractivity contribution in [2.45, 2.75) is 6.54 Å². The number of carbonyl (C=O) groups excluding carboxylic acids is 1. The fourth-order valence-electron chi connectivity index (χ4n) is 0.862. The van der Waals surface area contributed by atoms with Crippen LogP contribution in [-0.4, -0.2) is 11.4 Å². The molecule has 3 nitrogen and oxygen atoms in total. The average Bonchev–Trinajstić information content (AvgIpc) is 2.09. The van der Waals surface area contributed by atoms with E-state index >= 15 is 0 Å². The van der Waals surface area contributed by atoms with E-state index in [0.717, 1.165) is 5.56 Å². The number of nitrogens with zero attached hydrogens (tertiary/aromatic N) is 1. The number of hydrogen-bond donors (Lipinski definition) is 1. The Kier molecular flexibility index (Phi) is 2.76. The summed E-state index contributed by atoms with van der Waals surface area (Å²) in [5, 5.41) is 1.24. The highest BCUT2D eigenvalue weighted by Gasteiger charge is 1.99. The number of quaternary nitrogens is 1. The Balaban J connectivity index is 2.64. The van der Waals surface area contributed by atoms with Crippen LogP contribution in [0.3, 0.4) is 0 Å². The van der Waals surface area contributed by atoms with E-state index in [0.29, 0.717) is 13.0 Å². The van der Waals surface area contributed by atoms with Gasteiger partial charge < -0.3 is 0 Å². The van der Waals surface area contributed by atoms with Gasteiger partial charge in [0, 0.05) is 0 Å². The third-order valence-corrected chi connectivity index (χ3v) is 1.45. The van der Waals surface area contributed by atoms with E-state index in [1.54, 1.807) is 12.1 Å². The van der Waals surface area contributed by atoms with Gasteiger partial charge in [-0.15, -0.1) is 0 Å². The summed E-state index contributed by atoms with van der Waals surface area (Å²) in [7, 11) is 0. The monoisotopic (exact) mass is 169 g/mol. The van der Waals surface area contributed by atoms with Gasteiger partial charge in [-0.05, 0) is 17.7 Å². The quantitative estimate of drug-likeness (QED) is 0.500. The maximum Gasteiger partial charge on any atom is 0.255 e. The normalized spacial score (nSPS) is 9.50. The van der Waals surface area contributed by atoms with Gasteiger partial charge in [-0.25, -0.2) is 4.39 Å². The van der Waals surface area contributed by atoms with Gasteiger partial charge >= 0.3 is 0 Å². The lowest BCUT2D eigenvalue weighted by Gasteiger charge is -2.05. The van der Waals surface area contributed by atoms with E-state index < -0.39 is 0 Å². The van der Waals surface area contributed by atoms with Crippen molar-refractivity contribution in [1.82, 2.24) is 5.01 Å². The summed E-state index contributed by atoms with van der Waals surface area (Å²) in [6.07, 6.45) is 0.628. The Hall–Kier alpha value is -1.42. The molecule has 1 aromatic rings. The van der Waals surface area contributed by atoms with Gasteiger partial charge in [0.05, 0.1) is 6.54 Å². The van der Waals surface area contributed by atoms with Crippen LogP contribution < -0.4 is 5.84 Å². The van der Waals surface area contributed by atoms with E-state index in [2.05, 4.69) is 5.84 Å². The molecule has 12 heavy (non-hydrogen) atoms. The molecule has 0 saturated heterocycles. The maximum absolute atomic E-state index is 12.4. The molecule has 1 amide bonds. The maximum atomic E-state index is 12.4.